The maximum Gasteiger partial charge on any atom is 0.109 e. The van der Waals surface area contributed by atoms with Crippen LogP contribution in [0.3, 0.4) is 0 Å². The lowest BCUT2D eigenvalue weighted by atomic mass is 9.78. The number of hydrogen-bond donors (Lipinski definition) is 1. The van der Waals surface area contributed by atoms with Crippen molar-refractivity contribution in [2.45, 2.75) is 31.2 Å². The van der Waals surface area contributed by atoms with E-state index in [0.717, 1.165) is 24.7 Å². The molecule has 1 aliphatic rings. The molecular formula is C11H18ClN3. The average molecular weight is 228 g/mol. The fourth-order valence-corrected chi connectivity index (χ4v) is 2.40. The summed E-state index contributed by atoms with van der Waals surface area (Å²) in [7, 11) is 2.03. The Balaban J connectivity index is 1.77. The summed E-state index contributed by atoms with van der Waals surface area (Å²) < 4.78 is 2.07. The quantitative estimate of drug-likeness (QED) is 0.777. The lowest BCUT2D eigenvalue weighted by Crippen LogP contribution is -2.53. The van der Waals surface area contributed by atoms with Crippen LogP contribution in [0, 0.1) is 0 Å². The van der Waals surface area contributed by atoms with E-state index in [4.69, 9.17) is 11.6 Å². The molecule has 0 atom stereocenters. The predicted octanol–water partition coefficient (Wildman–Crippen LogP) is 1.71. The van der Waals surface area contributed by atoms with Crippen LogP contribution in [-0.2, 0) is 13.5 Å². The second-order valence-electron chi connectivity index (χ2n) is 4.40. The van der Waals surface area contributed by atoms with Crippen molar-refractivity contribution < 1.29 is 0 Å². The van der Waals surface area contributed by atoms with E-state index < -0.39 is 0 Å². The topological polar surface area (TPSA) is 29.9 Å². The van der Waals surface area contributed by atoms with Gasteiger partial charge in [-0.1, -0.05) is 0 Å². The number of alkyl halides is 1. The lowest BCUT2D eigenvalue weighted by Gasteiger charge is -2.41. The summed E-state index contributed by atoms with van der Waals surface area (Å²) in [5.41, 5.74) is 0.229. The largest absolute Gasteiger partial charge is 0.338 e. The van der Waals surface area contributed by atoms with Crippen LogP contribution in [0.4, 0.5) is 0 Å². The molecule has 2 rings (SSSR count). The molecule has 0 aliphatic heterocycles. The number of imidazole rings is 1. The first-order valence-electron chi connectivity index (χ1n) is 5.53. The van der Waals surface area contributed by atoms with Crippen LogP contribution in [0.1, 0.15) is 25.1 Å². The Bertz CT molecular complexity index is 312. The number of aromatic nitrogens is 2. The first-order chi connectivity index (χ1) is 7.26. The standard InChI is InChI=1S/C11H18ClN3/c1-15-8-7-13-10(15)3-6-14-11(9-12)4-2-5-11/h7-8,14H,2-6,9H2,1H3. The first kappa shape index (κ1) is 11.0. The van der Waals surface area contributed by atoms with Gasteiger partial charge in [-0.05, 0) is 19.3 Å². The van der Waals surface area contributed by atoms with Crippen molar-refractivity contribution in [1.29, 1.82) is 0 Å². The van der Waals surface area contributed by atoms with E-state index in [-0.39, 0.29) is 5.54 Å². The number of rotatable bonds is 5. The van der Waals surface area contributed by atoms with Gasteiger partial charge < -0.3 is 9.88 Å². The van der Waals surface area contributed by atoms with Crippen LogP contribution in [-0.4, -0.2) is 27.5 Å². The predicted molar refractivity (Wildman–Crippen MR) is 62.2 cm³/mol. The Morgan fingerprint density at radius 3 is 2.87 bits per heavy atom. The molecule has 0 unspecified atom stereocenters. The zero-order valence-corrected chi connectivity index (χ0v) is 9.93. The Morgan fingerprint density at radius 2 is 2.40 bits per heavy atom. The van der Waals surface area contributed by atoms with Crippen LogP contribution in [0.15, 0.2) is 12.4 Å². The zero-order valence-electron chi connectivity index (χ0n) is 9.17. The molecule has 0 saturated heterocycles. The van der Waals surface area contributed by atoms with Gasteiger partial charge in [0.15, 0.2) is 0 Å². The maximum atomic E-state index is 5.97. The molecule has 0 aromatic carbocycles. The van der Waals surface area contributed by atoms with E-state index in [9.17, 15) is 0 Å². The third-order valence-electron chi connectivity index (χ3n) is 3.34. The second kappa shape index (κ2) is 4.54. The van der Waals surface area contributed by atoms with Crippen molar-refractivity contribution in [2.24, 2.45) is 7.05 Å². The van der Waals surface area contributed by atoms with Gasteiger partial charge in [0, 0.05) is 43.8 Å². The summed E-state index contributed by atoms with van der Waals surface area (Å²) >= 11 is 5.97. The highest BCUT2D eigenvalue weighted by Gasteiger charge is 2.35. The highest BCUT2D eigenvalue weighted by molar-refractivity contribution is 6.18. The van der Waals surface area contributed by atoms with Gasteiger partial charge in [0.1, 0.15) is 5.82 Å². The molecule has 15 heavy (non-hydrogen) atoms. The van der Waals surface area contributed by atoms with Crippen LogP contribution >= 0.6 is 11.6 Å². The van der Waals surface area contributed by atoms with Crippen molar-refractivity contribution >= 4 is 11.6 Å². The van der Waals surface area contributed by atoms with Crippen molar-refractivity contribution in [2.75, 3.05) is 12.4 Å². The van der Waals surface area contributed by atoms with E-state index in [1.807, 2.05) is 19.4 Å². The van der Waals surface area contributed by atoms with Crippen molar-refractivity contribution in [3.05, 3.63) is 18.2 Å². The first-order valence-corrected chi connectivity index (χ1v) is 6.06. The minimum atomic E-state index is 0.229. The van der Waals surface area contributed by atoms with E-state index in [1.165, 1.54) is 19.3 Å². The van der Waals surface area contributed by atoms with Gasteiger partial charge in [0.05, 0.1) is 0 Å². The summed E-state index contributed by atoms with van der Waals surface area (Å²) in [6.45, 7) is 0.970. The van der Waals surface area contributed by atoms with E-state index >= 15 is 0 Å². The van der Waals surface area contributed by atoms with Crippen LogP contribution in [0.25, 0.3) is 0 Å². The molecule has 0 amide bonds. The molecule has 1 heterocycles. The van der Waals surface area contributed by atoms with Crippen molar-refractivity contribution in [3.8, 4) is 0 Å². The lowest BCUT2D eigenvalue weighted by molar-refractivity contribution is 0.214. The van der Waals surface area contributed by atoms with Crippen molar-refractivity contribution in [1.82, 2.24) is 14.9 Å². The summed E-state index contributed by atoms with van der Waals surface area (Å²) in [5.74, 6) is 1.86. The minimum Gasteiger partial charge on any atom is -0.338 e. The number of hydrogen-bond acceptors (Lipinski definition) is 2. The molecule has 84 valence electrons. The maximum absolute atomic E-state index is 5.97. The van der Waals surface area contributed by atoms with Gasteiger partial charge in [-0.2, -0.15) is 0 Å². The molecule has 3 nitrogen and oxygen atoms in total. The summed E-state index contributed by atoms with van der Waals surface area (Å²) in [4.78, 5) is 4.29. The fraction of sp³-hybridized carbons (Fsp3) is 0.727. The van der Waals surface area contributed by atoms with Crippen molar-refractivity contribution in [3.63, 3.8) is 0 Å². The van der Waals surface area contributed by atoms with Crippen LogP contribution in [0.5, 0.6) is 0 Å². The van der Waals surface area contributed by atoms with E-state index in [1.54, 1.807) is 0 Å². The number of aryl methyl sites for hydroxylation is 1. The molecule has 4 heteroatoms. The molecule has 0 spiro atoms. The molecule has 1 fully saturated rings. The molecular weight excluding hydrogens is 210 g/mol. The zero-order chi connectivity index (χ0) is 10.7. The number of halogens is 1. The summed E-state index contributed by atoms with van der Waals surface area (Å²) in [5, 5.41) is 3.56. The minimum absolute atomic E-state index is 0.229. The highest BCUT2D eigenvalue weighted by Crippen LogP contribution is 2.32. The Morgan fingerprint density at radius 1 is 1.60 bits per heavy atom. The van der Waals surface area contributed by atoms with Gasteiger partial charge >= 0.3 is 0 Å². The van der Waals surface area contributed by atoms with E-state index in [2.05, 4.69) is 14.9 Å². The smallest absolute Gasteiger partial charge is 0.109 e. The molecule has 1 saturated carbocycles. The molecule has 0 radical (unpaired) electrons. The third kappa shape index (κ3) is 2.34. The molecule has 1 aliphatic carbocycles. The van der Waals surface area contributed by atoms with Gasteiger partial charge in [0.2, 0.25) is 0 Å². The second-order valence-corrected chi connectivity index (χ2v) is 4.67. The SMILES string of the molecule is Cn1ccnc1CCNC1(CCl)CCC1. The highest BCUT2D eigenvalue weighted by atomic mass is 35.5. The van der Waals surface area contributed by atoms with Gasteiger partial charge in [0.25, 0.3) is 0 Å². The fourth-order valence-electron chi connectivity index (χ4n) is 2.04. The Hall–Kier alpha value is -0.540. The molecule has 1 aromatic rings. The van der Waals surface area contributed by atoms with Crippen LogP contribution < -0.4 is 5.32 Å². The van der Waals surface area contributed by atoms with E-state index in [0.29, 0.717) is 0 Å². The molecule has 1 aromatic heterocycles. The normalized spacial score (nSPS) is 18.8. The number of nitrogens with zero attached hydrogens (tertiary/aromatic N) is 2. The molecule has 1 N–H and O–H groups in total. The average Bonchev–Trinajstić information content (AvgIpc) is 2.57. The third-order valence-corrected chi connectivity index (χ3v) is 3.85. The van der Waals surface area contributed by atoms with Gasteiger partial charge in [-0.15, -0.1) is 11.6 Å². The Labute approximate surface area is 95.8 Å². The number of nitrogens with one attached hydrogen (secondary N) is 1. The summed E-state index contributed by atoms with van der Waals surface area (Å²) in [6, 6.07) is 0. The van der Waals surface area contributed by atoms with Gasteiger partial charge in [-0.3, -0.25) is 0 Å². The molecule has 0 bridgehead atoms. The Kier molecular flexibility index (Phi) is 3.32. The van der Waals surface area contributed by atoms with Gasteiger partial charge in [-0.25, -0.2) is 4.98 Å². The monoisotopic (exact) mass is 227 g/mol. The van der Waals surface area contributed by atoms with Crippen LogP contribution in [0.2, 0.25) is 0 Å². The summed E-state index contributed by atoms with van der Waals surface area (Å²) in [6.07, 6.45) is 8.55.